The molecule has 0 aliphatic carbocycles. The summed E-state index contributed by atoms with van der Waals surface area (Å²) in [7, 11) is 3.89. The van der Waals surface area contributed by atoms with Gasteiger partial charge in [-0.2, -0.15) is 0 Å². The number of rotatable bonds is 3. The van der Waals surface area contributed by atoms with Crippen molar-refractivity contribution in [3.05, 3.63) is 54.6 Å². The zero-order valence-electron chi connectivity index (χ0n) is 10.0. The van der Waals surface area contributed by atoms with Gasteiger partial charge in [0.1, 0.15) is 5.75 Å². The lowest BCUT2D eigenvalue weighted by molar-refractivity contribution is 0.405. The minimum absolute atomic E-state index is 0.269. The maximum atomic E-state index is 9.92. The average molecular weight is 228 g/mol. The zero-order valence-corrected chi connectivity index (χ0v) is 10.0. The number of phenolic OH excluding ortho intramolecular Hbond substituents is 1. The molecule has 0 atom stereocenters. The molecule has 1 N–H and O–H groups in total. The highest BCUT2D eigenvalue weighted by molar-refractivity contribution is 5.67. The van der Waals surface area contributed by atoms with Gasteiger partial charge in [0.15, 0.2) is 0 Å². The predicted octanol–water partition coefficient (Wildman–Crippen LogP) is 3.01. The van der Waals surface area contributed by atoms with Crippen LogP contribution in [-0.4, -0.2) is 24.2 Å². The molecule has 0 saturated carbocycles. The Hall–Kier alpha value is -2.00. The van der Waals surface area contributed by atoms with Gasteiger partial charge in [-0.3, -0.25) is 5.01 Å². The maximum Gasteiger partial charge on any atom is 0.140 e. The average Bonchev–Trinajstić information content (AvgIpc) is 2.33. The van der Waals surface area contributed by atoms with Crippen LogP contribution in [0.1, 0.15) is 0 Å². The van der Waals surface area contributed by atoms with Gasteiger partial charge in [-0.15, -0.1) is 0 Å². The highest BCUT2D eigenvalue weighted by Crippen LogP contribution is 2.32. The molecule has 2 aromatic rings. The van der Waals surface area contributed by atoms with Gasteiger partial charge < -0.3 is 5.11 Å². The minimum Gasteiger partial charge on any atom is -0.506 e. The van der Waals surface area contributed by atoms with Gasteiger partial charge in [0.05, 0.1) is 11.4 Å². The molecule has 0 radical (unpaired) electrons. The molecule has 0 unspecified atom stereocenters. The van der Waals surface area contributed by atoms with Crippen LogP contribution in [0.5, 0.6) is 5.75 Å². The van der Waals surface area contributed by atoms with Crippen LogP contribution in [0.4, 0.5) is 11.4 Å². The predicted molar refractivity (Wildman–Crippen MR) is 70.4 cm³/mol. The van der Waals surface area contributed by atoms with E-state index < -0.39 is 0 Å². The summed E-state index contributed by atoms with van der Waals surface area (Å²) in [5, 5.41) is 13.8. The zero-order chi connectivity index (χ0) is 12.3. The molecule has 0 aliphatic heterocycles. The molecule has 2 aromatic carbocycles. The third-order valence-corrected chi connectivity index (χ3v) is 2.51. The second-order valence-electron chi connectivity index (χ2n) is 3.98. The summed E-state index contributed by atoms with van der Waals surface area (Å²) in [6, 6.07) is 17.3. The quantitative estimate of drug-likeness (QED) is 0.818. The summed E-state index contributed by atoms with van der Waals surface area (Å²) in [6.45, 7) is 0. The molecule has 17 heavy (non-hydrogen) atoms. The first kappa shape index (κ1) is 11.5. The van der Waals surface area contributed by atoms with Gasteiger partial charge in [0.25, 0.3) is 0 Å². The highest BCUT2D eigenvalue weighted by atomic mass is 16.3. The van der Waals surface area contributed by atoms with Crippen LogP contribution in [0, 0.1) is 0 Å². The lowest BCUT2D eigenvalue weighted by Crippen LogP contribution is -2.32. The Morgan fingerprint density at radius 2 is 1.41 bits per heavy atom. The molecule has 2 rings (SSSR count). The van der Waals surface area contributed by atoms with Crippen molar-refractivity contribution in [2.75, 3.05) is 19.1 Å². The van der Waals surface area contributed by atoms with Crippen LogP contribution in [0.25, 0.3) is 0 Å². The molecule has 0 aromatic heterocycles. The summed E-state index contributed by atoms with van der Waals surface area (Å²) < 4.78 is 0. The molecule has 0 aliphatic rings. The van der Waals surface area contributed by atoms with E-state index in [0.717, 1.165) is 11.4 Å². The molecule has 0 bridgehead atoms. The van der Waals surface area contributed by atoms with Crippen LogP contribution in [0.15, 0.2) is 54.6 Å². The van der Waals surface area contributed by atoms with E-state index in [1.807, 2.05) is 72.6 Å². The summed E-state index contributed by atoms with van der Waals surface area (Å²) in [4.78, 5) is 0. The highest BCUT2D eigenvalue weighted by Gasteiger charge is 2.14. The van der Waals surface area contributed by atoms with Crippen LogP contribution >= 0.6 is 0 Å². The van der Waals surface area contributed by atoms with Gasteiger partial charge in [0.2, 0.25) is 0 Å². The maximum absolute atomic E-state index is 9.92. The van der Waals surface area contributed by atoms with Crippen molar-refractivity contribution in [1.82, 2.24) is 5.01 Å². The molecule has 0 fully saturated rings. The molecule has 0 saturated heterocycles. The molecule has 3 nitrogen and oxygen atoms in total. The first-order valence-electron chi connectivity index (χ1n) is 5.50. The summed E-state index contributed by atoms with van der Waals surface area (Å²) >= 11 is 0. The second kappa shape index (κ2) is 4.89. The SMILES string of the molecule is CN(C)N(c1ccccc1)c1ccccc1O. The van der Waals surface area contributed by atoms with Gasteiger partial charge in [-0.1, -0.05) is 30.3 Å². The van der Waals surface area contributed by atoms with Crippen molar-refractivity contribution in [1.29, 1.82) is 0 Å². The summed E-state index contributed by atoms with van der Waals surface area (Å²) in [5.74, 6) is 0.269. The third kappa shape index (κ3) is 2.40. The third-order valence-electron chi connectivity index (χ3n) is 2.51. The van der Waals surface area contributed by atoms with Crippen molar-refractivity contribution in [3.63, 3.8) is 0 Å². The number of para-hydroxylation sites is 3. The summed E-state index contributed by atoms with van der Waals surface area (Å²) in [6.07, 6.45) is 0. The van der Waals surface area contributed by atoms with E-state index in [1.54, 1.807) is 6.07 Å². The number of hydrazine groups is 1. The molecule has 88 valence electrons. The number of aromatic hydroxyl groups is 1. The topological polar surface area (TPSA) is 26.7 Å². The van der Waals surface area contributed by atoms with Crippen LogP contribution < -0.4 is 5.01 Å². The van der Waals surface area contributed by atoms with Crippen LogP contribution in [0.2, 0.25) is 0 Å². The van der Waals surface area contributed by atoms with E-state index >= 15 is 0 Å². The molecule has 0 spiro atoms. The van der Waals surface area contributed by atoms with E-state index in [4.69, 9.17) is 0 Å². The fourth-order valence-electron chi connectivity index (χ4n) is 1.80. The van der Waals surface area contributed by atoms with Crippen molar-refractivity contribution >= 4 is 11.4 Å². The number of hydrogen-bond donors (Lipinski definition) is 1. The molecule has 3 heteroatoms. The Kier molecular flexibility index (Phi) is 3.30. The van der Waals surface area contributed by atoms with Gasteiger partial charge >= 0.3 is 0 Å². The van der Waals surface area contributed by atoms with E-state index in [9.17, 15) is 5.11 Å². The van der Waals surface area contributed by atoms with Crippen molar-refractivity contribution < 1.29 is 5.11 Å². The number of nitrogens with zero attached hydrogens (tertiary/aromatic N) is 2. The largest absolute Gasteiger partial charge is 0.506 e. The number of hydrogen-bond acceptors (Lipinski definition) is 3. The van der Waals surface area contributed by atoms with Gasteiger partial charge in [-0.05, 0) is 24.3 Å². The van der Waals surface area contributed by atoms with Crippen molar-refractivity contribution in [2.45, 2.75) is 0 Å². The Morgan fingerprint density at radius 1 is 0.824 bits per heavy atom. The number of phenols is 1. The molecular weight excluding hydrogens is 212 g/mol. The second-order valence-corrected chi connectivity index (χ2v) is 3.98. The molecule has 0 amide bonds. The van der Waals surface area contributed by atoms with Crippen molar-refractivity contribution in [2.24, 2.45) is 0 Å². The van der Waals surface area contributed by atoms with Gasteiger partial charge in [0, 0.05) is 14.1 Å². The molecule has 0 heterocycles. The Bertz CT molecular complexity index is 483. The fraction of sp³-hybridized carbons (Fsp3) is 0.143. The van der Waals surface area contributed by atoms with Crippen LogP contribution in [-0.2, 0) is 0 Å². The Labute approximate surface area is 102 Å². The number of anilines is 2. The lowest BCUT2D eigenvalue weighted by Gasteiger charge is -2.31. The van der Waals surface area contributed by atoms with Gasteiger partial charge in [-0.25, -0.2) is 5.01 Å². The monoisotopic (exact) mass is 228 g/mol. The van der Waals surface area contributed by atoms with E-state index in [0.29, 0.717) is 0 Å². The van der Waals surface area contributed by atoms with Crippen molar-refractivity contribution in [3.8, 4) is 5.75 Å². The smallest absolute Gasteiger partial charge is 0.140 e. The van der Waals surface area contributed by atoms with E-state index in [1.165, 1.54) is 0 Å². The Morgan fingerprint density at radius 3 is 2.00 bits per heavy atom. The fourth-order valence-corrected chi connectivity index (χ4v) is 1.80. The lowest BCUT2D eigenvalue weighted by atomic mass is 10.2. The Balaban J connectivity index is 2.47. The number of benzene rings is 2. The standard InChI is InChI=1S/C14H16N2O/c1-15(2)16(12-8-4-3-5-9-12)13-10-6-7-11-14(13)17/h3-11,17H,1-2H3. The summed E-state index contributed by atoms with van der Waals surface area (Å²) in [5.41, 5.74) is 1.78. The first-order valence-corrected chi connectivity index (χ1v) is 5.50. The van der Waals surface area contributed by atoms with E-state index in [-0.39, 0.29) is 5.75 Å². The first-order chi connectivity index (χ1) is 8.20. The van der Waals surface area contributed by atoms with Crippen LogP contribution in [0.3, 0.4) is 0 Å². The molecular formula is C14H16N2O. The minimum atomic E-state index is 0.269. The van der Waals surface area contributed by atoms with E-state index in [2.05, 4.69) is 0 Å². The normalized spacial score (nSPS) is 10.5.